The molecule has 4 aliphatic rings. The van der Waals surface area contributed by atoms with E-state index in [9.17, 15) is 22.8 Å². The van der Waals surface area contributed by atoms with E-state index in [4.69, 9.17) is 4.74 Å². The average Bonchev–Trinajstić information content (AvgIpc) is 2.52. The fourth-order valence-corrected chi connectivity index (χ4v) is 4.77. The second kappa shape index (κ2) is 8.29. The van der Waals surface area contributed by atoms with Crippen LogP contribution in [0, 0.1) is 17.8 Å². The van der Waals surface area contributed by atoms with Crippen LogP contribution in [0.5, 0.6) is 0 Å². The largest absolute Gasteiger partial charge is 0.456 e. The van der Waals surface area contributed by atoms with Gasteiger partial charge in [-0.15, -0.1) is 0 Å². The molecule has 0 N–H and O–H groups in total. The number of carbonyl (C=O) groups excluding carboxylic acids is 2. The van der Waals surface area contributed by atoms with Crippen molar-refractivity contribution in [3.63, 3.8) is 0 Å². The molecular formula is C21H29F3O4. The maximum atomic E-state index is 11.8. The van der Waals surface area contributed by atoms with E-state index in [0.717, 1.165) is 43.9 Å². The van der Waals surface area contributed by atoms with Crippen LogP contribution in [-0.4, -0.2) is 29.8 Å². The van der Waals surface area contributed by atoms with E-state index < -0.39 is 18.2 Å². The molecule has 0 aromatic carbocycles. The molecule has 4 aliphatic carbocycles. The van der Waals surface area contributed by atoms with Gasteiger partial charge in [0.15, 0.2) is 6.10 Å². The van der Waals surface area contributed by atoms with Gasteiger partial charge in [0.1, 0.15) is 5.60 Å². The van der Waals surface area contributed by atoms with Crippen LogP contribution in [0.1, 0.15) is 59.3 Å². The molecule has 0 radical (unpaired) electrons. The quantitative estimate of drug-likeness (QED) is 0.483. The van der Waals surface area contributed by atoms with Gasteiger partial charge in [-0.2, -0.15) is 13.2 Å². The van der Waals surface area contributed by atoms with Crippen LogP contribution >= 0.6 is 0 Å². The smallest absolute Gasteiger partial charge is 0.425 e. The lowest BCUT2D eigenvalue weighted by atomic mass is 9.54. The van der Waals surface area contributed by atoms with Gasteiger partial charge in [0, 0.05) is 11.1 Å². The number of esters is 2. The van der Waals surface area contributed by atoms with E-state index in [-0.39, 0.29) is 17.1 Å². The normalized spacial score (nSPS) is 31.3. The maximum absolute atomic E-state index is 11.8. The number of halogens is 3. The molecule has 1 unspecified atom stereocenters. The first-order chi connectivity index (χ1) is 12.8. The summed E-state index contributed by atoms with van der Waals surface area (Å²) in [5.74, 6) is 1.26. The summed E-state index contributed by atoms with van der Waals surface area (Å²) in [5, 5.41) is 0. The zero-order valence-corrected chi connectivity index (χ0v) is 16.7. The van der Waals surface area contributed by atoms with Gasteiger partial charge < -0.3 is 9.47 Å². The Kier molecular flexibility index (Phi) is 6.66. The van der Waals surface area contributed by atoms with E-state index in [2.05, 4.69) is 17.9 Å². The fraction of sp³-hybridized carbons (Fsp3) is 0.714. The zero-order valence-electron chi connectivity index (χ0n) is 16.7. The molecule has 0 spiro atoms. The highest BCUT2D eigenvalue weighted by atomic mass is 19.4. The summed E-state index contributed by atoms with van der Waals surface area (Å²) >= 11 is 0. The van der Waals surface area contributed by atoms with Crippen LogP contribution in [0.15, 0.2) is 24.3 Å². The SMILES string of the molecule is C=C(C)C(=O)OC(C)C(F)(F)F.C=C(C)C(=O)OC12CC3CC(CC(C3)C1)C2. The Balaban J connectivity index is 0.000000211. The minimum Gasteiger partial charge on any atom is -0.456 e. The Morgan fingerprint density at radius 3 is 1.64 bits per heavy atom. The molecule has 0 aromatic rings. The van der Waals surface area contributed by atoms with Crippen molar-refractivity contribution in [2.75, 3.05) is 0 Å². The molecule has 28 heavy (non-hydrogen) atoms. The zero-order chi connectivity index (χ0) is 21.3. The summed E-state index contributed by atoms with van der Waals surface area (Å²) in [7, 11) is 0. The molecule has 0 heterocycles. The summed E-state index contributed by atoms with van der Waals surface area (Å²) < 4.78 is 45.1. The van der Waals surface area contributed by atoms with E-state index in [1.807, 2.05) is 0 Å². The Labute approximate surface area is 164 Å². The Morgan fingerprint density at radius 2 is 1.32 bits per heavy atom. The minimum absolute atomic E-state index is 0.0499. The van der Waals surface area contributed by atoms with Crippen molar-refractivity contribution >= 4 is 11.9 Å². The molecular weight excluding hydrogens is 373 g/mol. The van der Waals surface area contributed by atoms with Gasteiger partial charge in [-0.3, -0.25) is 0 Å². The highest BCUT2D eigenvalue weighted by Crippen LogP contribution is 2.57. The second-order valence-electron chi connectivity index (χ2n) is 8.64. The second-order valence-corrected chi connectivity index (χ2v) is 8.64. The van der Waals surface area contributed by atoms with Crippen LogP contribution in [0.2, 0.25) is 0 Å². The Bertz CT molecular complexity index is 615. The third-order valence-electron chi connectivity index (χ3n) is 5.73. The molecule has 4 fully saturated rings. The molecule has 7 heteroatoms. The standard InChI is InChI=1S/C14H20O2.C7H9F3O2/c1-9(2)13(15)16-14-6-10-3-11(7-14)5-12(4-10)8-14;1-4(2)6(11)12-5(3)7(8,9)10/h10-12H,1,3-8H2,2H3;5H,1H2,2-3H3. The molecule has 4 rings (SSSR count). The highest BCUT2D eigenvalue weighted by Gasteiger charge is 2.53. The van der Waals surface area contributed by atoms with Gasteiger partial charge in [0.2, 0.25) is 0 Å². The number of hydrogen-bond donors (Lipinski definition) is 0. The van der Waals surface area contributed by atoms with Crippen molar-refractivity contribution in [2.45, 2.75) is 77.2 Å². The maximum Gasteiger partial charge on any atom is 0.425 e. The molecule has 0 amide bonds. The van der Waals surface area contributed by atoms with Crippen LogP contribution in [0.25, 0.3) is 0 Å². The molecule has 0 saturated heterocycles. The van der Waals surface area contributed by atoms with Gasteiger partial charge >= 0.3 is 18.1 Å². The first-order valence-electron chi connectivity index (χ1n) is 9.63. The summed E-state index contributed by atoms with van der Waals surface area (Å²) in [6, 6.07) is 0. The van der Waals surface area contributed by atoms with Gasteiger partial charge in [0.25, 0.3) is 0 Å². The molecule has 4 nitrogen and oxygen atoms in total. The molecule has 158 valence electrons. The molecule has 0 aliphatic heterocycles. The van der Waals surface area contributed by atoms with E-state index in [1.165, 1.54) is 26.2 Å². The Hall–Kier alpha value is -1.79. The van der Waals surface area contributed by atoms with Crippen LogP contribution in [-0.2, 0) is 19.1 Å². The van der Waals surface area contributed by atoms with Gasteiger partial charge in [-0.1, -0.05) is 13.2 Å². The fourth-order valence-electron chi connectivity index (χ4n) is 4.77. The summed E-state index contributed by atoms with van der Waals surface area (Å²) in [6.45, 7) is 10.6. The number of alkyl halides is 3. The highest BCUT2D eigenvalue weighted by molar-refractivity contribution is 5.87. The van der Waals surface area contributed by atoms with Crippen molar-refractivity contribution in [3.05, 3.63) is 24.3 Å². The number of rotatable bonds is 4. The lowest BCUT2D eigenvalue weighted by Gasteiger charge is -2.55. The minimum atomic E-state index is -4.51. The third-order valence-corrected chi connectivity index (χ3v) is 5.73. The lowest BCUT2D eigenvalue weighted by Crippen LogP contribution is -2.52. The Morgan fingerprint density at radius 1 is 0.929 bits per heavy atom. The molecule has 4 saturated carbocycles. The summed E-state index contributed by atoms with van der Waals surface area (Å²) in [5.41, 5.74) is 0.381. The lowest BCUT2D eigenvalue weighted by molar-refractivity contribution is -0.213. The van der Waals surface area contributed by atoms with Gasteiger partial charge in [-0.05, 0) is 77.0 Å². The van der Waals surface area contributed by atoms with Crippen molar-refractivity contribution in [1.29, 1.82) is 0 Å². The first kappa shape index (κ1) is 22.5. The predicted octanol–water partition coefficient (Wildman–Crippen LogP) is 5.13. The van der Waals surface area contributed by atoms with E-state index in [0.29, 0.717) is 5.57 Å². The summed E-state index contributed by atoms with van der Waals surface area (Å²) in [6.07, 6.45) is 0.873. The monoisotopic (exact) mass is 402 g/mol. The van der Waals surface area contributed by atoms with Crippen molar-refractivity contribution < 1.29 is 32.2 Å². The van der Waals surface area contributed by atoms with Crippen LogP contribution < -0.4 is 0 Å². The van der Waals surface area contributed by atoms with E-state index >= 15 is 0 Å². The average molecular weight is 402 g/mol. The van der Waals surface area contributed by atoms with E-state index in [1.54, 1.807) is 6.92 Å². The number of hydrogen-bond acceptors (Lipinski definition) is 4. The van der Waals surface area contributed by atoms with Crippen molar-refractivity contribution in [2.24, 2.45) is 17.8 Å². The van der Waals surface area contributed by atoms with Gasteiger partial charge in [0.05, 0.1) is 0 Å². The van der Waals surface area contributed by atoms with Crippen molar-refractivity contribution in [3.8, 4) is 0 Å². The van der Waals surface area contributed by atoms with Crippen LogP contribution in [0.4, 0.5) is 13.2 Å². The molecule has 0 aromatic heterocycles. The molecule has 1 atom stereocenters. The number of carbonyl (C=O) groups is 2. The van der Waals surface area contributed by atoms with Crippen LogP contribution in [0.3, 0.4) is 0 Å². The van der Waals surface area contributed by atoms with Gasteiger partial charge in [-0.25, -0.2) is 9.59 Å². The topological polar surface area (TPSA) is 52.6 Å². The summed E-state index contributed by atoms with van der Waals surface area (Å²) in [4.78, 5) is 22.3. The number of ether oxygens (including phenoxy) is 2. The molecule has 4 bridgehead atoms. The predicted molar refractivity (Wildman–Crippen MR) is 98.2 cm³/mol. The third kappa shape index (κ3) is 5.61. The van der Waals surface area contributed by atoms with Crippen molar-refractivity contribution in [1.82, 2.24) is 0 Å². The first-order valence-corrected chi connectivity index (χ1v) is 9.63.